The average molecular weight is 433 g/mol. The summed E-state index contributed by atoms with van der Waals surface area (Å²) in [5.74, 6) is -0.473. The number of benzene rings is 2. The summed E-state index contributed by atoms with van der Waals surface area (Å²) in [6.07, 6.45) is -4.34. The standard InChI is InChI=1S/C21H18F3N3O2S/c22-21(23,24)16-8-6-15(7-9-16)20-27-17(13-30-20)12-18(28)25-10-11-26-19(29)14-4-2-1-3-5-14/h1-9,13H,10-12H2,(H,25,28)(H,26,29). The lowest BCUT2D eigenvalue weighted by Crippen LogP contribution is -2.35. The number of carbonyl (C=O) groups excluding carboxylic acids is 2. The van der Waals surface area contributed by atoms with Crippen molar-refractivity contribution in [2.75, 3.05) is 13.1 Å². The van der Waals surface area contributed by atoms with Gasteiger partial charge < -0.3 is 10.6 Å². The maximum Gasteiger partial charge on any atom is 0.416 e. The Bertz CT molecular complexity index is 1000. The van der Waals surface area contributed by atoms with Crippen LogP contribution in [0.15, 0.2) is 60.0 Å². The second kappa shape index (κ2) is 9.53. The van der Waals surface area contributed by atoms with Crippen LogP contribution in [0.25, 0.3) is 10.6 Å². The van der Waals surface area contributed by atoms with Crippen molar-refractivity contribution >= 4 is 23.2 Å². The lowest BCUT2D eigenvalue weighted by Gasteiger charge is -2.07. The first kappa shape index (κ1) is 21.5. The molecule has 0 fully saturated rings. The zero-order chi connectivity index (χ0) is 21.6. The monoisotopic (exact) mass is 433 g/mol. The molecule has 0 aliphatic rings. The molecule has 1 aromatic heterocycles. The summed E-state index contributed by atoms with van der Waals surface area (Å²) in [6, 6.07) is 13.5. The predicted molar refractivity (Wildman–Crippen MR) is 108 cm³/mol. The zero-order valence-corrected chi connectivity index (χ0v) is 16.5. The van der Waals surface area contributed by atoms with Gasteiger partial charge in [0.2, 0.25) is 5.91 Å². The molecule has 0 saturated carbocycles. The molecule has 0 bridgehead atoms. The van der Waals surface area contributed by atoms with Gasteiger partial charge in [-0.1, -0.05) is 30.3 Å². The van der Waals surface area contributed by atoms with Gasteiger partial charge in [-0.2, -0.15) is 13.2 Å². The molecule has 0 aliphatic heterocycles. The fourth-order valence-electron chi connectivity index (χ4n) is 2.62. The van der Waals surface area contributed by atoms with E-state index in [0.29, 0.717) is 21.8 Å². The van der Waals surface area contributed by atoms with E-state index in [9.17, 15) is 22.8 Å². The van der Waals surface area contributed by atoms with Gasteiger partial charge in [-0.25, -0.2) is 4.98 Å². The Morgan fingerprint density at radius 3 is 2.27 bits per heavy atom. The van der Waals surface area contributed by atoms with E-state index in [2.05, 4.69) is 15.6 Å². The van der Waals surface area contributed by atoms with Gasteiger partial charge in [-0.15, -0.1) is 11.3 Å². The van der Waals surface area contributed by atoms with Crippen LogP contribution in [0.3, 0.4) is 0 Å². The van der Waals surface area contributed by atoms with Crippen LogP contribution in [-0.2, 0) is 17.4 Å². The Labute approximate surface area is 175 Å². The molecule has 0 aliphatic carbocycles. The summed E-state index contributed by atoms with van der Waals surface area (Å²) in [4.78, 5) is 28.3. The minimum atomic E-state index is -4.38. The minimum absolute atomic E-state index is 0.0454. The minimum Gasteiger partial charge on any atom is -0.354 e. The van der Waals surface area contributed by atoms with Crippen LogP contribution in [0.4, 0.5) is 13.2 Å². The van der Waals surface area contributed by atoms with Crippen molar-refractivity contribution in [2.45, 2.75) is 12.6 Å². The normalized spacial score (nSPS) is 11.2. The molecular weight excluding hydrogens is 415 g/mol. The molecule has 2 amide bonds. The topological polar surface area (TPSA) is 71.1 Å². The van der Waals surface area contributed by atoms with E-state index in [4.69, 9.17) is 0 Å². The van der Waals surface area contributed by atoms with Crippen molar-refractivity contribution in [3.63, 3.8) is 0 Å². The van der Waals surface area contributed by atoms with Crippen molar-refractivity contribution in [1.29, 1.82) is 0 Å². The van der Waals surface area contributed by atoms with Crippen LogP contribution in [0.5, 0.6) is 0 Å². The number of hydrogen-bond acceptors (Lipinski definition) is 4. The number of halogens is 3. The van der Waals surface area contributed by atoms with Gasteiger partial charge in [0.1, 0.15) is 5.01 Å². The van der Waals surface area contributed by atoms with E-state index in [1.165, 1.54) is 23.5 Å². The number of alkyl halides is 3. The first-order valence-corrected chi connectivity index (χ1v) is 9.93. The van der Waals surface area contributed by atoms with E-state index in [1.54, 1.807) is 29.6 Å². The molecular formula is C21H18F3N3O2S. The summed E-state index contributed by atoms with van der Waals surface area (Å²) in [7, 11) is 0. The Balaban J connectivity index is 1.45. The molecule has 0 spiro atoms. The molecule has 1 heterocycles. The molecule has 0 saturated heterocycles. The third-order valence-corrected chi connectivity index (χ3v) is 5.06. The van der Waals surface area contributed by atoms with Crippen LogP contribution in [0.1, 0.15) is 21.6 Å². The van der Waals surface area contributed by atoms with Gasteiger partial charge in [-0.05, 0) is 24.3 Å². The third kappa shape index (κ3) is 5.90. The van der Waals surface area contributed by atoms with Crippen molar-refractivity contribution in [3.05, 3.63) is 76.8 Å². The number of aromatic nitrogens is 1. The number of thiazole rings is 1. The summed E-state index contributed by atoms with van der Waals surface area (Å²) >= 11 is 1.26. The van der Waals surface area contributed by atoms with Crippen molar-refractivity contribution in [2.24, 2.45) is 0 Å². The summed E-state index contributed by atoms with van der Waals surface area (Å²) in [5.41, 5.74) is 0.910. The van der Waals surface area contributed by atoms with Gasteiger partial charge in [-0.3, -0.25) is 9.59 Å². The van der Waals surface area contributed by atoms with Gasteiger partial charge in [0.25, 0.3) is 5.91 Å². The van der Waals surface area contributed by atoms with E-state index in [-0.39, 0.29) is 31.3 Å². The molecule has 30 heavy (non-hydrogen) atoms. The number of nitrogens with one attached hydrogen (secondary N) is 2. The average Bonchev–Trinajstić information content (AvgIpc) is 3.19. The second-order valence-electron chi connectivity index (χ2n) is 6.37. The molecule has 5 nitrogen and oxygen atoms in total. The molecule has 9 heteroatoms. The van der Waals surface area contributed by atoms with Crippen LogP contribution < -0.4 is 10.6 Å². The molecule has 0 unspecified atom stereocenters. The second-order valence-corrected chi connectivity index (χ2v) is 7.23. The van der Waals surface area contributed by atoms with E-state index in [0.717, 1.165) is 12.1 Å². The number of hydrogen-bond donors (Lipinski definition) is 2. The Morgan fingerprint density at radius 1 is 0.933 bits per heavy atom. The van der Waals surface area contributed by atoms with Gasteiger partial charge >= 0.3 is 6.18 Å². The maximum atomic E-state index is 12.6. The largest absolute Gasteiger partial charge is 0.416 e. The van der Waals surface area contributed by atoms with Crippen molar-refractivity contribution in [1.82, 2.24) is 15.6 Å². The fourth-order valence-corrected chi connectivity index (χ4v) is 3.44. The highest BCUT2D eigenvalue weighted by Crippen LogP contribution is 2.31. The molecule has 3 aromatic rings. The van der Waals surface area contributed by atoms with E-state index in [1.807, 2.05) is 6.07 Å². The number of amides is 2. The molecule has 156 valence electrons. The zero-order valence-electron chi connectivity index (χ0n) is 15.7. The molecule has 2 N–H and O–H groups in total. The SMILES string of the molecule is O=C(Cc1csc(-c2ccc(C(F)(F)F)cc2)n1)NCCNC(=O)c1ccccc1. The number of nitrogens with zero attached hydrogens (tertiary/aromatic N) is 1. The lowest BCUT2D eigenvalue weighted by molar-refractivity contribution is -0.137. The Hall–Kier alpha value is -3.20. The molecule has 3 rings (SSSR count). The molecule has 0 atom stereocenters. The van der Waals surface area contributed by atoms with Crippen LogP contribution in [0.2, 0.25) is 0 Å². The Morgan fingerprint density at radius 2 is 1.60 bits per heavy atom. The fraction of sp³-hybridized carbons (Fsp3) is 0.190. The first-order valence-electron chi connectivity index (χ1n) is 9.05. The van der Waals surface area contributed by atoms with Gasteiger partial charge in [0.15, 0.2) is 0 Å². The van der Waals surface area contributed by atoms with Crippen LogP contribution >= 0.6 is 11.3 Å². The summed E-state index contributed by atoms with van der Waals surface area (Å²) in [5, 5.41) is 7.65. The first-order chi connectivity index (χ1) is 14.3. The quantitative estimate of drug-likeness (QED) is 0.555. The number of rotatable bonds is 7. The van der Waals surface area contributed by atoms with E-state index < -0.39 is 11.7 Å². The predicted octanol–water partition coefficient (Wildman–Crippen LogP) is 3.92. The Kier molecular flexibility index (Phi) is 6.83. The van der Waals surface area contributed by atoms with Gasteiger partial charge in [0, 0.05) is 29.6 Å². The highest BCUT2D eigenvalue weighted by atomic mass is 32.1. The van der Waals surface area contributed by atoms with Crippen LogP contribution in [0, 0.1) is 0 Å². The van der Waals surface area contributed by atoms with E-state index >= 15 is 0 Å². The molecule has 2 aromatic carbocycles. The highest BCUT2D eigenvalue weighted by Gasteiger charge is 2.30. The number of carbonyl (C=O) groups is 2. The third-order valence-electron chi connectivity index (χ3n) is 4.12. The maximum absolute atomic E-state index is 12.6. The van der Waals surface area contributed by atoms with Gasteiger partial charge in [0.05, 0.1) is 17.7 Å². The van der Waals surface area contributed by atoms with Crippen molar-refractivity contribution in [3.8, 4) is 10.6 Å². The highest BCUT2D eigenvalue weighted by molar-refractivity contribution is 7.13. The molecule has 0 radical (unpaired) electrons. The van der Waals surface area contributed by atoms with Crippen molar-refractivity contribution < 1.29 is 22.8 Å². The summed E-state index contributed by atoms with van der Waals surface area (Å²) < 4.78 is 37.9. The summed E-state index contributed by atoms with van der Waals surface area (Å²) in [6.45, 7) is 0.556. The smallest absolute Gasteiger partial charge is 0.354 e. The lowest BCUT2D eigenvalue weighted by atomic mass is 10.1. The van der Waals surface area contributed by atoms with Crippen LogP contribution in [-0.4, -0.2) is 29.9 Å².